The van der Waals surface area contributed by atoms with Crippen molar-refractivity contribution < 1.29 is 4.79 Å². The van der Waals surface area contributed by atoms with Crippen molar-refractivity contribution in [3.63, 3.8) is 0 Å². The van der Waals surface area contributed by atoms with E-state index in [2.05, 4.69) is 43.5 Å². The van der Waals surface area contributed by atoms with Gasteiger partial charge in [-0.1, -0.05) is 29.3 Å². The number of rotatable bonds is 6. The molecule has 2 aromatic rings. The van der Waals surface area contributed by atoms with Crippen LogP contribution < -0.4 is 10.6 Å². The van der Waals surface area contributed by atoms with E-state index in [0.717, 1.165) is 28.6 Å². The zero-order valence-corrected chi connectivity index (χ0v) is 14.3. The van der Waals surface area contributed by atoms with Gasteiger partial charge in [0.2, 0.25) is 0 Å². The maximum absolute atomic E-state index is 11.8. The molecule has 1 aromatic carbocycles. The van der Waals surface area contributed by atoms with Crippen LogP contribution in [-0.2, 0) is 0 Å². The molecule has 0 bridgehead atoms. The summed E-state index contributed by atoms with van der Waals surface area (Å²) in [6.07, 6.45) is 5.05. The Kier molecular flexibility index (Phi) is 5.89. The number of hydrogen-bond acceptors (Lipinski definition) is 4. The summed E-state index contributed by atoms with van der Waals surface area (Å²) < 4.78 is 1.06. The van der Waals surface area contributed by atoms with Crippen LogP contribution in [0.4, 0.5) is 11.5 Å². The first kappa shape index (κ1) is 16.4. The first-order chi connectivity index (χ1) is 10.6. The van der Waals surface area contributed by atoms with Gasteiger partial charge in [-0.25, -0.2) is 9.97 Å². The van der Waals surface area contributed by atoms with Crippen LogP contribution in [-0.4, -0.2) is 22.4 Å². The fourth-order valence-corrected chi connectivity index (χ4v) is 2.10. The number of carbonyl (C=O) groups excluding carboxylic acids is 1. The number of hydrogen-bond donors (Lipinski definition) is 2. The molecule has 0 saturated carbocycles. The minimum Gasteiger partial charge on any atom is -0.351 e. The van der Waals surface area contributed by atoms with Gasteiger partial charge in [-0.15, -0.1) is 0 Å². The molecule has 22 heavy (non-hydrogen) atoms. The molecule has 0 aliphatic rings. The summed E-state index contributed by atoms with van der Waals surface area (Å²) in [5, 5.41) is 5.98. The molecule has 0 fully saturated rings. The quantitative estimate of drug-likeness (QED) is 0.766. The molecular weight excluding hydrogens is 344 g/mol. The lowest BCUT2D eigenvalue weighted by molar-refractivity contribution is 0.0948. The van der Waals surface area contributed by atoms with Gasteiger partial charge in [-0.2, -0.15) is 0 Å². The van der Waals surface area contributed by atoms with Crippen LogP contribution in [0.2, 0.25) is 0 Å². The van der Waals surface area contributed by atoms with E-state index in [1.54, 1.807) is 6.20 Å². The molecule has 5 nitrogen and oxygen atoms in total. The molecule has 2 rings (SSSR count). The van der Waals surface area contributed by atoms with E-state index < -0.39 is 0 Å². The molecule has 0 spiro atoms. The van der Waals surface area contributed by atoms with E-state index >= 15 is 0 Å². The lowest BCUT2D eigenvalue weighted by Gasteiger charge is -2.08. The van der Waals surface area contributed by atoms with Gasteiger partial charge in [0.25, 0.3) is 5.91 Å². The van der Waals surface area contributed by atoms with Gasteiger partial charge in [0.15, 0.2) is 0 Å². The smallest absolute Gasteiger partial charge is 0.271 e. The largest absolute Gasteiger partial charge is 0.351 e. The Hall–Kier alpha value is -1.95. The Labute approximate surface area is 138 Å². The number of anilines is 2. The van der Waals surface area contributed by atoms with Crippen LogP contribution in [0, 0.1) is 6.92 Å². The summed E-state index contributed by atoms with van der Waals surface area (Å²) in [7, 11) is 0. The average Bonchev–Trinajstić information content (AvgIpc) is 2.52. The highest BCUT2D eigenvalue weighted by atomic mass is 79.9. The van der Waals surface area contributed by atoms with Gasteiger partial charge < -0.3 is 10.6 Å². The van der Waals surface area contributed by atoms with Crippen molar-refractivity contribution in [2.24, 2.45) is 0 Å². The number of nitrogens with zero attached hydrogens (tertiary/aromatic N) is 2. The number of unbranched alkanes of at least 4 members (excludes halogenated alkanes) is 1. The number of aromatic nitrogens is 2. The SMILES string of the molecule is CCCCNC(=O)c1cnc(Nc2ccc(Br)c(C)c2)cn1. The second kappa shape index (κ2) is 7.89. The third-order valence-corrected chi connectivity index (χ3v) is 4.02. The standard InChI is InChI=1S/C16H19BrN4O/c1-3-4-7-18-16(22)14-9-20-15(10-19-14)21-12-5-6-13(17)11(2)8-12/h5-6,8-10H,3-4,7H2,1-2H3,(H,18,22)(H,20,21). The molecular formula is C16H19BrN4O. The van der Waals surface area contributed by atoms with Crippen LogP contribution in [0.5, 0.6) is 0 Å². The molecule has 0 saturated heterocycles. The van der Waals surface area contributed by atoms with Crippen LogP contribution in [0.1, 0.15) is 35.8 Å². The first-order valence-electron chi connectivity index (χ1n) is 7.23. The van der Waals surface area contributed by atoms with Gasteiger partial charge in [-0.3, -0.25) is 4.79 Å². The zero-order chi connectivity index (χ0) is 15.9. The fourth-order valence-electron chi connectivity index (χ4n) is 1.85. The second-order valence-corrected chi connectivity index (χ2v) is 5.84. The minimum atomic E-state index is -0.188. The molecule has 0 radical (unpaired) electrons. The van der Waals surface area contributed by atoms with E-state index in [0.29, 0.717) is 18.1 Å². The van der Waals surface area contributed by atoms with Gasteiger partial charge in [0, 0.05) is 16.7 Å². The second-order valence-electron chi connectivity index (χ2n) is 4.99. The normalized spacial score (nSPS) is 10.3. The number of halogens is 1. The van der Waals surface area contributed by atoms with E-state index in [1.165, 1.54) is 6.20 Å². The highest BCUT2D eigenvalue weighted by Crippen LogP contribution is 2.21. The first-order valence-corrected chi connectivity index (χ1v) is 8.03. The van der Waals surface area contributed by atoms with Gasteiger partial charge in [0.1, 0.15) is 11.5 Å². The third-order valence-electron chi connectivity index (χ3n) is 3.13. The Bertz CT molecular complexity index is 643. The van der Waals surface area contributed by atoms with Crippen LogP contribution in [0.3, 0.4) is 0 Å². The zero-order valence-electron chi connectivity index (χ0n) is 12.7. The maximum Gasteiger partial charge on any atom is 0.271 e. The molecule has 0 atom stereocenters. The van der Waals surface area contributed by atoms with Gasteiger partial charge in [0.05, 0.1) is 12.4 Å². The number of benzene rings is 1. The lowest BCUT2D eigenvalue weighted by Crippen LogP contribution is -2.25. The molecule has 1 amide bonds. The van der Waals surface area contributed by atoms with E-state index in [4.69, 9.17) is 0 Å². The summed E-state index contributed by atoms with van der Waals surface area (Å²) in [6.45, 7) is 4.76. The molecule has 0 aliphatic heterocycles. The van der Waals surface area contributed by atoms with Gasteiger partial charge in [-0.05, 0) is 37.1 Å². The Morgan fingerprint density at radius 3 is 2.73 bits per heavy atom. The van der Waals surface area contributed by atoms with E-state index in [-0.39, 0.29) is 5.91 Å². The topological polar surface area (TPSA) is 66.9 Å². The predicted octanol–water partition coefficient (Wildman–Crippen LogP) is 3.82. The maximum atomic E-state index is 11.8. The predicted molar refractivity (Wildman–Crippen MR) is 91.4 cm³/mol. The van der Waals surface area contributed by atoms with E-state index in [1.807, 2.05) is 25.1 Å². The van der Waals surface area contributed by atoms with Crippen molar-refractivity contribution in [2.75, 3.05) is 11.9 Å². The third kappa shape index (κ3) is 4.53. The molecule has 116 valence electrons. The molecule has 0 aliphatic carbocycles. The van der Waals surface area contributed by atoms with Gasteiger partial charge >= 0.3 is 0 Å². The van der Waals surface area contributed by atoms with Crippen molar-refractivity contribution in [3.05, 3.63) is 46.3 Å². The summed E-state index contributed by atoms with van der Waals surface area (Å²) in [6, 6.07) is 5.93. The van der Waals surface area contributed by atoms with Crippen molar-refractivity contribution in [1.29, 1.82) is 0 Å². The average molecular weight is 363 g/mol. The lowest BCUT2D eigenvalue weighted by atomic mass is 10.2. The monoisotopic (exact) mass is 362 g/mol. The number of amides is 1. The highest BCUT2D eigenvalue weighted by Gasteiger charge is 2.07. The van der Waals surface area contributed by atoms with Crippen molar-refractivity contribution in [3.8, 4) is 0 Å². The summed E-state index contributed by atoms with van der Waals surface area (Å²) >= 11 is 3.47. The number of aryl methyl sites for hydroxylation is 1. The van der Waals surface area contributed by atoms with Crippen molar-refractivity contribution >= 4 is 33.3 Å². The molecule has 2 N–H and O–H groups in total. The highest BCUT2D eigenvalue weighted by molar-refractivity contribution is 9.10. The Balaban J connectivity index is 1.99. The number of nitrogens with one attached hydrogen (secondary N) is 2. The van der Waals surface area contributed by atoms with Crippen molar-refractivity contribution in [1.82, 2.24) is 15.3 Å². The van der Waals surface area contributed by atoms with Crippen LogP contribution in [0.15, 0.2) is 35.1 Å². The Morgan fingerprint density at radius 2 is 2.09 bits per heavy atom. The molecule has 1 aromatic heterocycles. The summed E-state index contributed by atoms with van der Waals surface area (Å²) in [5.41, 5.74) is 2.38. The fraction of sp³-hybridized carbons (Fsp3) is 0.312. The molecule has 0 unspecified atom stereocenters. The molecule has 6 heteroatoms. The van der Waals surface area contributed by atoms with Crippen LogP contribution in [0.25, 0.3) is 0 Å². The Morgan fingerprint density at radius 1 is 1.27 bits per heavy atom. The van der Waals surface area contributed by atoms with Crippen LogP contribution >= 0.6 is 15.9 Å². The van der Waals surface area contributed by atoms with Crippen molar-refractivity contribution in [2.45, 2.75) is 26.7 Å². The van der Waals surface area contributed by atoms with E-state index in [9.17, 15) is 4.79 Å². The summed E-state index contributed by atoms with van der Waals surface area (Å²) in [4.78, 5) is 20.2. The molecule has 1 heterocycles. The minimum absolute atomic E-state index is 0.188. The number of carbonyl (C=O) groups is 1. The summed E-state index contributed by atoms with van der Waals surface area (Å²) in [5.74, 6) is 0.416.